The SMILES string of the molecule is CCOC(=O)/C(C#N)=C/c1c(N2CC(C)OC(C)C2)nc2ccccn2c1=O. The van der Waals surface area contributed by atoms with Gasteiger partial charge in [0.25, 0.3) is 5.56 Å². The van der Waals surface area contributed by atoms with Crippen molar-refractivity contribution in [3.63, 3.8) is 0 Å². The third-order valence-corrected chi connectivity index (χ3v) is 4.37. The molecule has 2 atom stereocenters. The first-order chi connectivity index (χ1) is 13.4. The second-order valence-corrected chi connectivity index (χ2v) is 6.64. The summed E-state index contributed by atoms with van der Waals surface area (Å²) in [7, 11) is 0. The van der Waals surface area contributed by atoms with Crippen LogP contribution in [0.25, 0.3) is 11.7 Å². The molecule has 8 heteroatoms. The Hall–Kier alpha value is -3.18. The Balaban J connectivity index is 2.21. The Bertz CT molecular complexity index is 1010. The Morgan fingerprint density at radius 2 is 2.11 bits per heavy atom. The molecule has 1 fully saturated rings. The molecule has 2 aromatic rings. The number of esters is 1. The van der Waals surface area contributed by atoms with Gasteiger partial charge in [-0.2, -0.15) is 5.26 Å². The number of ether oxygens (including phenoxy) is 2. The van der Waals surface area contributed by atoms with Gasteiger partial charge in [-0.05, 0) is 39.0 Å². The molecular formula is C20H22N4O4. The summed E-state index contributed by atoms with van der Waals surface area (Å²) in [6.07, 6.45) is 2.79. The van der Waals surface area contributed by atoms with Crippen molar-refractivity contribution >= 4 is 23.5 Å². The molecule has 1 saturated heterocycles. The highest BCUT2D eigenvalue weighted by Gasteiger charge is 2.27. The molecule has 2 unspecified atom stereocenters. The van der Waals surface area contributed by atoms with Crippen LogP contribution < -0.4 is 10.5 Å². The summed E-state index contributed by atoms with van der Waals surface area (Å²) in [5.41, 5.74) is 0.0624. The van der Waals surface area contributed by atoms with Crippen molar-refractivity contribution in [1.82, 2.24) is 9.38 Å². The summed E-state index contributed by atoms with van der Waals surface area (Å²) in [4.78, 5) is 31.8. The Morgan fingerprint density at radius 1 is 1.39 bits per heavy atom. The predicted molar refractivity (Wildman–Crippen MR) is 104 cm³/mol. The lowest BCUT2D eigenvalue weighted by atomic mass is 10.1. The number of nitrogens with zero attached hydrogens (tertiary/aromatic N) is 4. The maximum Gasteiger partial charge on any atom is 0.348 e. The predicted octanol–water partition coefficient (Wildman–Crippen LogP) is 1.78. The van der Waals surface area contributed by atoms with Crippen LogP contribution in [-0.2, 0) is 14.3 Å². The Labute approximate surface area is 162 Å². The van der Waals surface area contributed by atoms with E-state index in [0.29, 0.717) is 24.6 Å². The standard InChI is InChI=1S/C20H22N4O4/c1-4-27-20(26)15(10-21)9-16-18(23-11-13(2)28-14(3)12-23)22-17-7-5-6-8-24(17)19(16)25/h5-9,13-14H,4,11-12H2,1-3H3/b15-9+. The number of anilines is 1. The van der Waals surface area contributed by atoms with Gasteiger partial charge >= 0.3 is 5.97 Å². The van der Waals surface area contributed by atoms with E-state index in [1.165, 1.54) is 10.5 Å². The quantitative estimate of drug-likeness (QED) is 0.452. The van der Waals surface area contributed by atoms with E-state index in [2.05, 4.69) is 4.98 Å². The number of carbonyl (C=O) groups is 1. The third-order valence-electron chi connectivity index (χ3n) is 4.37. The van der Waals surface area contributed by atoms with Crippen LogP contribution in [0.2, 0.25) is 0 Å². The number of carbonyl (C=O) groups excluding carboxylic acids is 1. The topological polar surface area (TPSA) is 96.9 Å². The maximum atomic E-state index is 13.1. The number of hydrogen-bond acceptors (Lipinski definition) is 7. The molecule has 0 saturated carbocycles. The number of hydrogen-bond donors (Lipinski definition) is 0. The van der Waals surface area contributed by atoms with Crippen LogP contribution in [0, 0.1) is 11.3 Å². The first-order valence-corrected chi connectivity index (χ1v) is 9.15. The highest BCUT2D eigenvalue weighted by molar-refractivity contribution is 5.98. The van der Waals surface area contributed by atoms with Gasteiger partial charge in [0, 0.05) is 19.3 Å². The Kier molecular flexibility index (Phi) is 5.76. The van der Waals surface area contributed by atoms with Crippen LogP contribution in [0.5, 0.6) is 0 Å². The van der Waals surface area contributed by atoms with Crippen LogP contribution in [0.15, 0.2) is 34.8 Å². The monoisotopic (exact) mass is 382 g/mol. The molecule has 3 heterocycles. The molecule has 28 heavy (non-hydrogen) atoms. The fourth-order valence-corrected chi connectivity index (χ4v) is 3.30. The number of aromatic nitrogens is 2. The first kappa shape index (κ1) is 19.6. The minimum atomic E-state index is -0.766. The molecule has 146 valence electrons. The van der Waals surface area contributed by atoms with E-state index in [1.54, 1.807) is 31.3 Å². The summed E-state index contributed by atoms with van der Waals surface area (Å²) < 4.78 is 12.1. The summed E-state index contributed by atoms with van der Waals surface area (Å²) >= 11 is 0. The molecule has 0 bridgehead atoms. The minimum Gasteiger partial charge on any atom is -0.462 e. The van der Waals surface area contributed by atoms with Gasteiger partial charge in [-0.25, -0.2) is 9.78 Å². The lowest BCUT2D eigenvalue weighted by Crippen LogP contribution is -2.46. The Morgan fingerprint density at radius 3 is 2.75 bits per heavy atom. The van der Waals surface area contributed by atoms with E-state index in [-0.39, 0.29) is 35.5 Å². The number of pyridine rings is 1. The molecule has 0 amide bonds. The van der Waals surface area contributed by atoms with Gasteiger partial charge in [0.1, 0.15) is 23.1 Å². The normalized spacial score (nSPS) is 20.1. The van der Waals surface area contributed by atoms with Crippen molar-refractivity contribution in [3.8, 4) is 6.07 Å². The minimum absolute atomic E-state index is 0.0444. The highest BCUT2D eigenvalue weighted by atomic mass is 16.5. The number of fused-ring (bicyclic) bond motifs is 1. The van der Waals surface area contributed by atoms with Crippen molar-refractivity contribution in [2.24, 2.45) is 0 Å². The summed E-state index contributed by atoms with van der Waals surface area (Å²) in [6.45, 7) is 6.78. The number of morpholine rings is 1. The molecule has 0 aromatic carbocycles. The van der Waals surface area contributed by atoms with E-state index in [9.17, 15) is 14.9 Å². The van der Waals surface area contributed by atoms with E-state index < -0.39 is 5.97 Å². The van der Waals surface area contributed by atoms with Gasteiger partial charge in [0.2, 0.25) is 0 Å². The summed E-state index contributed by atoms with van der Waals surface area (Å²) in [5.74, 6) is -0.340. The molecule has 0 N–H and O–H groups in total. The fourth-order valence-electron chi connectivity index (χ4n) is 3.30. The van der Waals surface area contributed by atoms with Gasteiger partial charge in [-0.1, -0.05) is 6.07 Å². The van der Waals surface area contributed by atoms with Gasteiger partial charge in [-0.15, -0.1) is 0 Å². The van der Waals surface area contributed by atoms with Crippen LogP contribution in [-0.4, -0.2) is 47.3 Å². The van der Waals surface area contributed by atoms with E-state index in [0.717, 1.165) is 0 Å². The smallest absolute Gasteiger partial charge is 0.348 e. The zero-order chi connectivity index (χ0) is 20.3. The van der Waals surface area contributed by atoms with Crippen LogP contribution in [0.4, 0.5) is 5.82 Å². The average Bonchev–Trinajstić information content (AvgIpc) is 2.66. The van der Waals surface area contributed by atoms with Crippen LogP contribution in [0.1, 0.15) is 26.3 Å². The second kappa shape index (κ2) is 8.23. The van der Waals surface area contributed by atoms with Crippen LogP contribution in [0.3, 0.4) is 0 Å². The highest BCUT2D eigenvalue weighted by Crippen LogP contribution is 2.23. The molecular weight excluding hydrogens is 360 g/mol. The average molecular weight is 382 g/mol. The number of rotatable bonds is 4. The summed E-state index contributed by atoms with van der Waals surface area (Å²) in [5, 5.41) is 9.39. The van der Waals surface area contributed by atoms with E-state index in [1.807, 2.05) is 24.8 Å². The molecule has 1 aliphatic rings. The van der Waals surface area contributed by atoms with E-state index in [4.69, 9.17) is 9.47 Å². The van der Waals surface area contributed by atoms with Crippen molar-refractivity contribution in [2.75, 3.05) is 24.6 Å². The maximum absolute atomic E-state index is 13.1. The van der Waals surface area contributed by atoms with Gasteiger partial charge in [0.15, 0.2) is 0 Å². The molecule has 0 spiro atoms. The fraction of sp³-hybridized carbons (Fsp3) is 0.400. The third kappa shape index (κ3) is 3.89. The number of nitriles is 1. The molecule has 1 aliphatic heterocycles. The molecule has 8 nitrogen and oxygen atoms in total. The van der Waals surface area contributed by atoms with Crippen molar-refractivity contribution in [2.45, 2.75) is 33.0 Å². The largest absolute Gasteiger partial charge is 0.462 e. The zero-order valence-corrected chi connectivity index (χ0v) is 16.1. The van der Waals surface area contributed by atoms with Crippen molar-refractivity contribution < 1.29 is 14.3 Å². The van der Waals surface area contributed by atoms with Crippen molar-refractivity contribution in [1.29, 1.82) is 5.26 Å². The molecule has 3 rings (SSSR count). The van der Waals surface area contributed by atoms with Gasteiger partial charge in [0.05, 0.1) is 24.4 Å². The molecule has 2 aromatic heterocycles. The van der Waals surface area contributed by atoms with Crippen molar-refractivity contribution in [3.05, 3.63) is 45.9 Å². The molecule has 0 radical (unpaired) electrons. The molecule has 0 aliphatic carbocycles. The first-order valence-electron chi connectivity index (χ1n) is 9.15. The summed E-state index contributed by atoms with van der Waals surface area (Å²) in [6, 6.07) is 7.08. The zero-order valence-electron chi connectivity index (χ0n) is 16.1. The second-order valence-electron chi connectivity index (χ2n) is 6.64. The lowest BCUT2D eigenvalue weighted by Gasteiger charge is -2.36. The van der Waals surface area contributed by atoms with E-state index >= 15 is 0 Å². The van der Waals surface area contributed by atoms with Crippen LogP contribution >= 0.6 is 0 Å². The lowest BCUT2D eigenvalue weighted by molar-refractivity contribution is -0.137. The van der Waals surface area contributed by atoms with Gasteiger partial charge in [-0.3, -0.25) is 9.20 Å². The van der Waals surface area contributed by atoms with Gasteiger partial charge < -0.3 is 14.4 Å².